The standard InChI is InChI=1S/C10H15N3O.C2H6/c1-7(2)10(14)12-8(3)9-5-4-6-11-13-9;1-2/h4-8H,1-3H3,(H,12,14);1-2H3/t8-;/m1./s1. The molecule has 1 heterocycles. The second-order valence-corrected chi connectivity index (χ2v) is 3.53. The summed E-state index contributed by atoms with van der Waals surface area (Å²) >= 11 is 0. The Hall–Kier alpha value is -1.45. The molecule has 0 unspecified atom stereocenters. The normalized spacial score (nSPS) is 11.4. The minimum absolute atomic E-state index is 0.00544. The quantitative estimate of drug-likeness (QED) is 0.855. The van der Waals surface area contributed by atoms with Crippen molar-refractivity contribution in [1.29, 1.82) is 0 Å². The first-order valence-corrected chi connectivity index (χ1v) is 5.69. The number of aromatic nitrogens is 2. The van der Waals surface area contributed by atoms with Crippen LogP contribution >= 0.6 is 0 Å². The van der Waals surface area contributed by atoms with E-state index >= 15 is 0 Å². The molecule has 0 saturated heterocycles. The van der Waals surface area contributed by atoms with Gasteiger partial charge in [-0.05, 0) is 19.1 Å². The van der Waals surface area contributed by atoms with Crippen molar-refractivity contribution in [3.63, 3.8) is 0 Å². The van der Waals surface area contributed by atoms with E-state index in [1.807, 2.05) is 40.7 Å². The Morgan fingerprint density at radius 2 is 1.94 bits per heavy atom. The number of carbonyl (C=O) groups excluding carboxylic acids is 1. The lowest BCUT2D eigenvalue weighted by molar-refractivity contribution is -0.124. The minimum atomic E-state index is -0.0846. The van der Waals surface area contributed by atoms with E-state index in [9.17, 15) is 4.79 Å². The van der Waals surface area contributed by atoms with E-state index in [4.69, 9.17) is 0 Å². The van der Waals surface area contributed by atoms with Gasteiger partial charge in [0.2, 0.25) is 5.91 Å². The third-order valence-electron chi connectivity index (χ3n) is 1.92. The number of carbonyl (C=O) groups is 1. The Labute approximate surface area is 97.5 Å². The number of nitrogens with one attached hydrogen (secondary N) is 1. The second-order valence-electron chi connectivity index (χ2n) is 3.53. The van der Waals surface area contributed by atoms with Crippen LogP contribution in [0, 0.1) is 5.92 Å². The molecule has 4 heteroatoms. The van der Waals surface area contributed by atoms with E-state index in [-0.39, 0.29) is 17.9 Å². The van der Waals surface area contributed by atoms with Crippen LogP contribution in [0.25, 0.3) is 0 Å². The highest BCUT2D eigenvalue weighted by molar-refractivity contribution is 5.78. The van der Waals surface area contributed by atoms with E-state index in [1.165, 1.54) is 0 Å². The monoisotopic (exact) mass is 223 g/mol. The number of rotatable bonds is 3. The Kier molecular flexibility index (Phi) is 7.09. The van der Waals surface area contributed by atoms with Gasteiger partial charge in [-0.2, -0.15) is 10.2 Å². The van der Waals surface area contributed by atoms with Crippen LogP contribution in [0.4, 0.5) is 0 Å². The van der Waals surface area contributed by atoms with Crippen LogP contribution in [0.3, 0.4) is 0 Å². The fourth-order valence-corrected chi connectivity index (χ4v) is 0.998. The van der Waals surface area contributed by atoms with Gasteiger partial charge in [-0.3, -0.25) is 4.79 Å². The zero-order chi connectivity index (χ0) is 12.6. The third kappa shape index (κ3) is 4.87. The summed E-state index contributed by atoms with van der Waals surface area (Å²) in [7, 11) is 0. The molecule has 0 aliphatic carbocycles. The smallest absolute Gasteiger partial charge is 0.223 e. The molecular formula is C12H21N3O. The summed E-state index contributed by atoms with van der Waals surface area (Å²) < 4.78 is 0. The Balaban J connectivity index is 0.00000106. The van der Waals surface area contributed by atoms with Gasteiger partial charge in [-0.15, -0.1) is 0 Å². The van der Waals surface area contributed by atoms with Gasteiger partial charge in [0.25, 0.3) is 0 Å². The van der Waals surface area contributed by atoms with Crippen molar-refractivity contribution in [2.75, 3.05) is 0 Å². The number of nitrogens with zero attached hydrogens (tertiary/aromatic N) is 2. The molecule has 1 aromatic heterocycles. The predicted octanol–water partition coefficient (Wildman–Crippen LogP) is 2.34. The summed E-state index contributed by atoms with van der Waals surface area (Å²) in [4.78, 5) is 11.4. The van der Waals surface area contributed by atoms with Crippen LogP contribution < -0.4 is 5.32 Å². The SMILES string of the molecule is CC.CC(C)C(=O)N[C@H](C)c1cccnn1. The van der Waals surface area contributed by atoms with Gasteiger partial charge in [-0.1, -0.05) is 27.7 Å². The maximum atomic E-state index is 11.4. The number of amides is 1. The first-order valence-electron chi connectivity index (χ1n) is 5.69. The lowest BCUT2D eigenvalue weighted by Crippen LogP contribution is -2.30. The fourth-order valence-electron chi connectivity index (χ4n) is 0.998. The molecule has 4 nitrogen and oxygen atoms in total. The highest BCUT2D eigenvalue weighted by Gasteiger charge is 2.12. The molecule has 1 amide bonds. The molecule has 1 atom stereocenters. The molecule has 16 heavy (non-hydrogen) atoms. The van der Waals surface area contributed by atoms with Crippen molar-refractivity contribution in [2.45, 2.75) is 40.7 Å². The zero-order valence-corrected chi connectivity index (χ0v) is 10.7. The molecule has 0 aliphatic heterocycles. The molecule has 0 aliphatic rings. The first kappa shape index (κ1) is 14.6. The number of hydrogen-bond acceptors (Lipinski definition) is 3. The average molecular weight is 223 g/mol. The van der Waals surface area contributed by atoms with Gasteiger partial charge >= 0.3 is 0 Å². The summed E-state index contributed by atoms with van der Waals surface area (Å²) in [6.45, 7) is 9.61. The molecule has 0 saturated carbocycles. The lowest BCUT2D eigenvalue weighted by Gasteiger charge is -2.14. The summed E-state index contributed by atoms with van der Waals surface area (Å²) in [5, 5.41) is 10.5. The largest absolute Gasteiger partial charge is 0.348 e. The molecule has 90 valence electrons. The van der Waals surface area contributed by atoms with E-state index in [2.05, 4.69) is 15.5 Å². The van der Waals surface area contributed by atoms with Gasteiger partial charge < -0.3 is 5.32 Å². The van der Waals surface area contributed by atoms with Crippen LogP contribution in [0.1, 0.15) is 46.4 Å². The van der Waals surface area contributed by atoms with E-state index in [1.54, 1.807) is 12.3 Å². The van der Waals surface area contributed by atoms with Gasteiger partial charge in [0.1, 0.15) is 0 Å². The minimum Gasteiger partial charge on any atom is -0.348 e. The van der Waals surface area contributed by atoms with Crippen molar-refractivity contribution in [3.8, 4) is 0 Å². The molecule has 0 spiro atoms. The third-order valence-corrected chi connectivity index (χ3v) is 1.92. The highest BCUT2D eigenvalue weighted by Crippen LogP contribution is 2.07. The molecule has 1 N–H and O–H groups in total. The van der Waals surface area contributed by atoms with Crippen molar-refractivity contribution < 1.29 is 4.79 Å². The lowest BCUT2D eigenvalue weighted by atomic mass is 10.1. The maximum Gasteiger partial charge on any atom is 0.223 e. The summed E-state index contributed by atoms with van der Waals surface area (Å²) in [6, 6.07) is 3.57. The van der Waals surface area contributed by atoms with Crippen LogP contribution in [-0.4, -0.2) is 16.1 Å². The van der Waals surface area contributed by atoms with Crippen LogP contribution in [0.2, 0.25) is 0 Å². The van der Waals surface area contributed by atoms with Gasteiger partial charge in [0.05, 0.1) is 11.7 Å². The van der Waals surface area contributed by atoms with Crippen molar-refractivity contribution in [1.82, 2.24) is 15.5 Å². The van der Waals surface area contributed by atoms with Crippen molar-refractivity contribution >= 4 is 5.91 Å². The predicted molar refractivity (Wildman–Crippen MR) is 64.8 cm³/mol. The second kappa shape index (κ2) is 7.79. The van der Waals surface area contributed by atoms with E-state index in [0.29, 0.717) is 0 Å². The molecule has 0 aromatic carbocycles. The van der Waals surface area contributed by atoms with E-state index in [0.717, 1.165) is 5.69 Å². The van der Waals surface area contributed by atoms with E-state index < -0.39 is 0 Å². The summed E-state index contributed by atoms with van der Waals surface area (Å²) in [5.41, 5.74) is 0.779. The Bertz CT molecular complexity index is 298. The topological polar surface area (TPSA) is 54.9 Å². The Morgan fingerprint density at radius 3 is 2.38 bits per heavy atom. The Morgan fingerprint density at radius 1 is 1.31 bits per heavy atom. The first-order chi connectivity index (χ1) is 7.61. The van der Waals surface area contributed by atoms with Crippen molar-refractivity contribution in [2.24, 2.45) is 5.92 Å². The summed E-state index contributed by atoms with van der Waals surface area (Å²) in [5.74, 6) is 0.0253. The number of hydrogen-bond donors (Lipinski definition) is 1. The van der Waals surface area contributed by atoms with Crippen LogP contribution in [0.5, 0.6) is 0 Å². The van der Waals surface area contributed by atoms with Crippen molar-refractivity contribution in [3.05, 3.63) is 24.0 Å². The molecule has 1 aromatic rings. The molecule has 0 bridgehead atoms. The molecule has 0 radical (unpaired) electrons. The molecule has 0 fully saturated rings. The fraction of sp³-hybridized carbons (Fsp3) is 0.583. The highest BCUT2D eigenvalue weighted by atomic mass is 16.1. The summed E-state index contributed by atoms with van der Waals surface area (Å²) in [6.07, 6.45) is 1.61. The maximum absolute atomic E-state index is 11.4. The van der Waals surface area contributed by atoms with Gasteiger partial charge in [0.15, 0.2) is 0 Å². The zero-order valence-electron chi connectivity index (χ0n) is 10.7. The molecular weight excluding hydrogens is 202 g/mol. The van der Waals surface area contributed by atoms with Gasteiger partial charge in [-0.25, -0.2) is 0 Å². The average Bonchev–Trinajstić information content (AvgIpc) is 2.32. The molecule has 1 rings (SSSR count). The van der Waals surface area contributed by atoms with Crippen LogP contribution in [0.15, 0.2) is 18.3 Å². The van der Waals surface area contributed by atoms with Crippen LogP contribution in [-0.2, 0) is 4.79 Å². The van der Waals surface area contributed by atoms with Gasteiger partial charge in [0, 0.05) is 12.1 Å².